The van der Waals surface area contributed by atoms with Gasteiger partial charge < -0.3 is 4.74 Å². The van der Waals surface area contributed by atoms with Gasteiger partial charge in [-0.3, -0.25) is 4.90 Å². The fourth-order valence-corrected chi connectivity index (χ4v) is 3.38. The van der Waals surface area contributed by atoms with Gasteiger partial charge in [0.05, 0.1) is 6.61 Å². The van der Waals surface area contributed by atoms with Crippen LogP contribution in [0.4, 0.5) is 4.79 Å². The minimum Gasteiger partial charge on any atom is -0.346 e. The summed E-state index contributed by atoms with van der Waals surface area (Å²) >= 11 is 0. The molecule has 1 unspecified atom stereocenters. The van der Waals surface area contributed by atoms with Crippen LogP contribution in [0.2, 0.25) is 0 Å². The lowest BCUT2D eigenvalue weighted by atomic mass is 9.92. The number of hydrogen-bond acceptors (Lipinski definition) is 2. The largest absolute Gasteiger partial charge is 0.346 e. The normalized spacial score (nSPS) is 24.1. The molecule has 4 heteroatoms. The highest BCUT2D eigenvalue weighted by Gasteiger charge is 2.52. The van der Waals surface area contributed by atoms with Crippen LogP contribution in [-0.4, -0.2) is 29.8 Å². The van der Waals surface area contributed by atoms with Crippen molar-refractivity contribution in [3.05, 3.63) is 71.8 Å². The Bertz CT molecular complexity index is 742. The van der Waals surface area contributed by atoms with Gasteiger partial charge in [-0.2, -0.15) is 4.99 Å². The molecule has 0 aliphatic carbocycles. The number of hydrogen-bond donors (Lipinski definition) is 0. The van der Waals surface area contributed by atoms with E-state index < -0.39 is 5.72 Å². The summed E-state index contributed by atoms with van der Waals surface area (Å²) < 4.78 is 6.31. The Hall–Kier alpha value is -2.46. The molecule has 4 rings (SSSR count). The SMILES string of the molecule is O=C1N=C(c2ccccc2)C2(c3ccccc3)OCCCCN12. The van der Waals surface area contributed by atoms with Crippen LogP contribution in [0, 0.1) is 0 Å². The maximum absolute atomic E-state index is 12.6. The molecule has 116 valence electrons. The molecule has 0 radical (unpaired) electrons. The van der Waals surface area contributed by atoms with Gasteiger partial charge >= 0.3 is 6.03 Å². The molecule has 1 atom stereocenters. The Labute approximate surface area is 135 Å². The Balaban J connectivity index is 1.93. The van der Waals surface area contributed by atoms with Crippen LogP contribution in [0.3, 0.4) is 0 Å². The van der Waals surface area contributed by atoms with E-state index in [1.54, 1.807) is 4.90 Å². The summed E-state index contributed by atoms with van der Waals surface area (Å²) in [6.07, 6.45) is 1.87. The molecule has 2 heterocycles. The molecular formula is C19H18N2O2. The standard InChI is InChI=1S/C19H18N2O2/c22-18-20-17(15-9-3-1-4-10-15)19(16-11-5-2-6-12-16)21(18)13-7-8-14-23-19/h1-6,9-12H,7-8,13-14H2. The summed E-state index contributed by atoms with van der Waals surface area (Å²) in [5.41, 5.74) is 1.66. The molecule has 0 bridgehead atoms. The average molecular weight is 306 g/mol. The van der Waals surface area contributed by atoms with Crippen molar-refractivity contribution in [3.8, 4) is 0 Å². The molecule has 2 amide bonds. The molecule has 0 saturated carbocycles. The summed E-state index contributed by atoms with van der Waals surface area (Å²) in [7, 11) is 0. The number of nitrogens with zero attached hydrogens (tertiary/aromatic N) is 2. The number of urea groups is 1. The summed E-state index contributed by atoms with van der Waals surface area (Å²) in [6, 6.07) is 19.6. The predicted molar refractivity (Wildman–Crippen MR) is 88.4 cm³/mol. The summed E-state index contributed by atoms with van der Waals surface area (Å²) in [5, 5.41) is 0. The summed E-state index contributed by atoms with van der Waals surface area (Å²) in [6.45, 7) is 1.28. The fraction of sp³-hybridized carbons (Fsp3) is 0.263. The lowest BCUT2D eigenvalue weighted by molar-refractivity contribution is -0.0673. The third-order valence-corrected chi connectivity index (χ3v) is 4.44. The van der Waals surface area contributed by atoms with Gasteiger partial charge in [-0.1, -0.05) is 60.7 Å². The minimum absolute atomic E-state index is 0.213. The number of carbonyl (C=O) groups is 1. The molecule has 2 aromatic carbocycles. The van der Waals surface area contributed by atoms with E-state index in [9.17, 15) is 4.79 Å². The molecule has 1 saturated heterocycles. The number of benzene rings is 2. The van der Waals surface area contributed by atoms with Gasteiger partial charge in [0.15, 0.2) is 0 Å². The molecule has 0 aromatic heterocycles. The number of rotatable bonds is 2. The number of aliphatic imine (C=N–C) groups is 1. The van der Waals surface area contributed by atoms with Crippen molar-refractivity contribution < 1.29 is 9.53 Å². The Morgan fingerprint density at radius 1 is 0.957 bits per heavy atom. The highest BCUT2D eigenvalue weighted by Crippen LogP contribution is 2.41. The van der Waals surface area contributed by atoms with Crippen LogP contribution in [0.15, 0.2) is 65.7 Å². The van der Waals surface area contributed by atoms with Crippen molar-refractivity contribution >= 4 is 11.7 Å². The van der Waals surface area contributed by atoms with E-state index in [0.717, 1.165) is 24.0 Å². The topological polar surface area (TPSA) is 41.9 Å². The van der Waals surface area contributed by atoms with Crippen molar-refractivity contribution in [2.24, 2.45) is 4.99 Å². The number of fused-ring (bicyclic) bond motifs is 1. The molecule has 2 aliphatic heterocycles. The van der Waals surface area contributed by atoms with Gasteiger partial charge in [0.25, 0.3) is 0 Å². The molecule has 0 spiro atoms. The monoisotopic (exact) mass is 306 g/mol. The second-order valence-corrected chi connectivity index (χ2v) is 5.83. The van der Waals surface area contributed by atoms with E-state index in [-0.39, 0.29) is 6.03 Å². The second kappa shape index (κ2) is 5.63. The van der Waals surface area contributed by atoms with Crippen molar-refractivity contribution in [2.45, 2.75) is 18.6 Å². The second-order valence-electron chi connectivity index (χ2n) is 5.83. The van der Waals surface area contributed by atoms with Gasteiger partial charge in [0.1, 0.15) is 5.71 Å². The van der Waals surface area contributed by atoms with Crippen LogP contribution in [0.1, 0.15) is 24.0 Å². The molecule has 23 heavy (non-hydrogen) atoms. The number of ether oxygens (including phenoxy) is 1. The van der Waals surface area contributed by atoms with E-state index in [0.29, 0.717) is 18.9 Å². The first-order valence-corrected chi connectivity index (χ1v) is 7.98. The quantitative estimate of drug-likeness (QED) is 0.851. The van der Waals surface area contributed by atoms with Crippen LogP contribution < -0.4 is 0 Å². The molecule has 2 aromatic rings. The lowest BCUT2D eigenvalue weighted by Gasteiger charge is -2.37. The minimum atomic E-state index is -0.907. The summed E-state index contributed by atoms with van der Waals surface area (Å²) in [4.78, 5) is 18.7. The number of amides is 2. The molecule has 0 N–H and O–H groups in total. The zero-order valence-corrected chi connectivity index (χ0v) is 12.8. The third-order valence-electron chi connectivity index (χ3n) is 4.44. The first-order chi connectivity index (χ1) is 11.3. The van der Waals surface area contributed by atoms with Crippen molar-refractivity contribution in [1.82, 2.24) is 4.90 Å². The van der Waals surface area contributed by atoms with E-state index >= 15 is 0 Å². The highest BCUT2D eigenvalue weighted by atomic mass is 16.5. The predicted octanol–water partition coefficient (Wildman–Crippen LogP) is 3.57. The van der Waals surface area contributed by atoms with Gasteiger partial charge in [0, 0.05) is 17.7 Å². The third kappa shape index (κ3) is 2.18. The molecule has 1 fully saturated rings. The highest BCUT2D eigenvalue weighted by molar-refractivity contribution is 6.16. The number of carbonyl (C=O) groups excluding carboxylic acids is 1. The molecule has 4 nitrogen and oxygen atoms in total. The zero-order valence-electron chi connectivity index (χ0n) is 12.8. The van der Waals surface area contributed by atoms with Crippen LogP contribution in [0.5, 0.6) is 0 Å². The Morgan fingerprint density at radius 3 is 2.39 bits per heavy atom. The van der Waals surface area contributed by atoms with Crippen molar-refractivity contribution in [3.63, 3.8) is 0 Å². The molecular weight excluding hydrogens is 288 g/mol. The van der Waals surface area contributed by atoms with Gasteiger partial charge in [-0.25, -0.2) is 4.79 Å². The fourth-order valence-electron chi connectivity index (χ4n) is 3.38. The smallest absolute Gasteiger partial charge is 0.346 e. The zero-order chi connectivity index (χ0) is 15.7. The van der Waals surface area contributed by atoms with E-state index in [2.05, 4.69) is 4.99 Å². The van der Waals surface area contributed by atoms with Crippen LogP contribution in [-0.2, 0) is 10.5 Å². The maximum atomic E-state index is 12.6. The van der Waals surface area contributed by atoms with Gasteiger partial charge in [0.2, 0.25) is 5.72 Å². The van der Waals surface area contributed by atoms with Crippen LogP contribution >= 0.6 is 0 Å². The van der Waals surface area contributed by atoms with Crippen LogP contribution in [0.25, 0.3) is 0 Å². The van der Waals surface area contributed by atoms with E-state index in [4.69, 9.17) is 4.74 Å². The van der Waals surface area contributed by atoms with Gasteiger partial charge in [-0.05, 0) is 12.8 Å². The van der Waals surface area contributed by atoms with E-state index in [1.165, 1.54) is 0 Å². The first kappa shape index (κ1) is 14.2. The van der Waals surface area contributed by atoms with E-state index in [1.807, 2.05) is 60.7 Å². The summed E-state index contributed by atoms with van der Waals surface area (Å²) in [5.74, 6) is 0. The van der Waals surface area contributed by atoms with Gasteiger partial charge in [-0.15, -0.1) is 0 Å². The Morgan fingerprint density at radius 2 is 1.65 bits per heavy atom. The van der Waals surface area contributed by atoms with Crippen molar-refractivity contribution in [1.29, 1.82) is 0 Å². The lowest BCUT2D eigenvalue weighted by Crippen LogP contribution is -2.50. The Kier molecular flexibility index (Phi) is 3.46. The first-order valence-electron chi connectivity index (χ1n) is 7.98. The molecule has 2 aliphatic rings. The maximum Gasteiger partial charge on any atom is 0.346 e. The average Bonchev–Trinajstić information content (AvgIpc) is 2.77. The van der Waals surface area contributed by atoms with Crippen molar-refractivity contribution in [2.75, 3.05) is 13.2 Å².